The molecular weight excluding hydrogens is 1360 g/mol. The minimum Gasteiger partial charge on any atom is -0.475 e. The third kappa shape index (κ3) is 35.2. The smallest absolute Gasteiger partial charge is 0.475 e. The maximum Gasteiger partial charge on any atom is 0.490 e. The van der Waals surface area contributed by atoms with Crippen LogP contribution in [0.25, 0.3) is 0 Å². The van der Waals surface area contributed by atoms with Crippen LogP contribution in [0.3, 0.4) is 0 Å². The molecule has 0 unspecified atom stereocenters. The van der Waals surface area contributed by atoms with Gasteiger partial charge in [0.15, 0.2) is 5.96 Å². The van der Waals surface area contributed by atoms with E-state index in [2.05, 4.69) is 63.5 Å². The molecule has 1 aromatic rings. The molecule has 23 N–H and O–H groups in total. The molecule has 1 heterocycles. The summed E-state index contributed by atoms with van der Waals surface area (Å²) in [6.45, 7) is 16.8. The predicted molar refractivity (Wildman–Crippen MR) is 348 cm³/mol. The zero-order chi connectivity index (χ0) is 78.4. The van der Waals surface area contributed by atoms with Gasteiger partial charge in [-0.2, -0.15) is 26.3 Å². The molecule has 40 heteroatoms. The van der Waals surface area contributed by atoms with Crippen LogP contribution in [0, 0.1) is 22.7 Å². The number of nitrogens with one attached hydrogen (secondary N) is 11. The van der Waals surface area contributed by atoms with Crippen molar-refractivity contribution in [3.63, 3.8) is 0 Å². The summed E-state index contributed by atoms with van der Waals surface area (Å²) in [4.78, 5) is 178. The van der Waals surface area contributed by atoms with Gasteiger partial charge in [-0.3, -0.25) is 57.7 Å². The van der Waals surface area contributed by atoms with E-state index in [1.54, 1.807) is 54.5 Å². The Hall–Kier alpha value is -9.02. The number of hydrogen-bond donors (Lipinski definition) is 20. The molecule has 1 fully saturated rings. The number of amides is 11. The lowest BCUT2D eigenvalue weighted by Crippen LogP contribution is -2.64. The second-order valence-electron chi connectivity index (χ2n) is 26.5. The largest absolute Gasteiger partial charge is 0.490 e. The van der Waals surface area contributed by atoms with Gasteiger partial charge in [-0.25, -0.2) is 9.59 Å². The van der Waals surface area contributed by atoms with Crippen molar-refractivity contribution in [3.8, 4) is 0 Å². The Kier molecular flexibility index (Phi) is 38.5. The van der Waals surface area contributed by atoms with E-state index in [1.165, 1.54) is 24.3 Å². The van der Waals surface area contributed by atoms with E-state index >= 15 is 4.79 Å². The maximum absolute atomic E-state index is 15.2. The van der Waals surface area contributed by atoms with E-state index in [9.17, 15) is 94.7 Å². The van der Waals surface area contributed by atoms with Crippen molar-refractivity contribution in [1.29, 1.82) is 0 Å². The van der Waals surface area contributed by atoms with Crippen LogP contribution in [0.15, 0.2) is 35.3 Å². The molecule has 11 amide bonds. The summed E-state index contributed by atoms with van der Waals surface area (Å²) in [5.74, 6) is -18.4. The Morgan fingerprint density at radius 1 is 0.584 bits per heavy atom. The fourth-order valence-electron chi connectivity index (χ4n) is 9.12. The molecule has 0 spiro atoms. The first kappa shape index (κ1) is 92.0. The van der Waals surface area contributed by atoms with Gasteiger partial charge in [-0.05, 0) is 74.2 Å². The van der Waals surface area contributed by atoms with E-state index in [4.69, 9.17) is 37.0 Å². The highest BCUT2D eigenvalue weighted by atomic mass is 19.4. The third-order valence-electron chi connectivity index (χ3n) is 14.4. The Bertz CT molecular complexity index is 2960. The number of benzene rings is 1. The van der Waals surface area contributed by atoms with Crippen LogP contribution in [0.1, 0.15) is 133 Å². The van der Waals surface area contributed by atoms with Gasteiger partial charge in [-0.1, -0.05) is 106 Å². The molecule has 0 aliphatic carbocycles. The molecular formula is C61H99F6N15O19. The van der Waals surface area contributed by atoms with Gasteiger partial charge in [0.05, 0.1) is 44.1 Å². The van der Waals surface area contributed by atoms with Crippen molar-refractivity contribution in [2.45, 2.75) is 213 Å². The molecule has 1 aliphatic heterocycles. The SMILES string of the molecule is CC[C@H](C)[C@@H]1NC(=O)[C@@H](CCCN=C(N)N)NC(=O)[C@H](CC(C)C)NC(=O)[C@H]([C@@H](C)O)NC(=O)[C@@H](NC(=O)[C@H](CC(C)(C)C)NC(=O)[C@H](N)CC(C)(C)C)[C@@H](c2ccccc2)NC(=O)[C@H](CO)NC(=O)[C@H](CO)NC(=O)CNC(=O)[C@H]([C@H](C)O)NC1=O.O=C(O)C(F)(F)F.O=C(O)C(F)(F)F. The summed E-state index contributed by atoms with van der Waals surface area (Å²) in [6, 6.07) is -10.7. The number of aliphatic hydroxyl groups excluding tert-OH is 4. The minimum absolute atomic E-state index is 0.0218. The number of aliphatic carboxylic acids is 2. The standard InChI is InChI=1S/C57H97N15O15.2C2HF3O2/c1-13-29(4)40-52(85)69-41(30(5)75)51(84)62-25-39(77)63-37(26-73)49(82)67-38(27-74)50(83)71-43(32-18-15-14-16-19-32)44(72-48(81)36(24-57(10,11)12)66-45(78)33(58)23-56(7,8)9)54(87)70-42(31(6)76)53(86)65-35(22-28(2)3)47(80)64-34(46(79)68-40)20-17-21-61-55(59)60;2*3-2(4,5)1(6)7/h14-16,18-19,28-31,33-38,40-44,73-76H,13,17,20-27,58H2,1-12H3,(H,62,84)(H,63,77)(H,64,80)(H,65,86)(H,66,78)(H,67,82)(H,68,79)(H,69,85)(H,70,87)(H,71,83)(H,72,81)(H4,59,60,61);2*(H,6,7)/t29-,30-,31+,33+,34+,35-,36-,37-,38-,40-,41-,42-,43+,44-;;/m0../s1. The van der Waals surface area contributed by atoms with Gasteiger partial charge >= 0.3 is 24.3 Å². The van der Waals surface area contributed by atoms with Gasteiger partial charge in [-0.15, -0.1) is 0 Å². The molecule has 34 nitrogen and oxygen atoms in total. The van der Waals surface area contributed by atoms with Gasteiger partial charge < -0.3 is 106 Å². The predicted octanol–water partition coefficient (Wildman–Crippen LogP) is -3.30. The quantitative estimate of drug-likeness (QED) is 0.0279. The first-order valence-corrected chi connectivity index (χ1v) is 31.7. The van der Waals surface area contributed by atoms with Gasteiger partial charge in [0.1, 0.15) is 54.4 Å². The third-order valence-corrected chi connectivity index (χ3v) is 14.4. The summed E-state index contributed by atoms with van der Waals surface area (Å²) in [5.41, 5.74) is 16.4. The van der Waals surface area contributed by atoms with Crippen molar-refractivity contribution in [1.82, 2.24) is 58.5 Å². The number of carbonyl (C=O) groups excluding carboxylic acids is 11. The summed E-state index contributed by atoms with van der Waals surface area (Å²) in [6.07, 6.45) is -13.3. The number of aliphatic hydroxyl groups is 4. The molecule has 0 saturated carbocycles. The summed E-state index contributed by atoms with van der Waals surface area (Å²) >= 11 is 0. The van der Waals surface area contributed by atoms with Crippen molar-refractivity contribution < 1.29 is 119 Å². The molecule has 0 radical (unpaired) electrons. The lowest BCUT2D eigenvalue weighted by molar-refractivity contribution is -0.193. The van der Waals surface area contributed by atoms with Crippen LogP contribution in [0.5, 0.6) is 0 Å². The average molecular weight is 1460 g/mol. The molecule has 0 aromatic heterocycles. The van der Waals surface area contributed by atoms with E-state index in [0.717, 1.165) is 13.8 Å². The number of halogens is 6. The van der Waals surface area contributed by atoms with Crippen LogP contribution in [0.4, 0.5) is 26.3 Å². The van der Waals surface area contributed by atoms with Gasteiger partial charge in [0.2, 0.25) is 65.0 Å². The fourth-order valence-corrected chi connectivity index (χ4v) is 9.12. The van der Waals surface area contributed by atoms with Crippen LogP contribution < -0.4 is 75.7 Å². The number of carbonyl (C=O) groups is 13. The number of carboxylic acid groups (broad SMARTS) is 2. The maximum atomic E-state index is 15.2. The first-order valence-electron chi connectivity index (χ1n) is 31.7. The summed E-state index contributed by atoms with van der Waals surface area (Å²) < 4.78 is 63.5. The molecule has 574 valence electrons. The molecule has 14 atom stereocenters. The van der Waals surface area contributed by atoms with Gasteiger partial charge in [0.25, 0.3) is 0 Å². The first-order chi connectivity index (χ1) is 46.3. The van der Waals surface area contributed by atoms with Crippen molar-refractivity contribution in [3.05, 3.63) is 35.9 Å². The summed E-state index contributed by atoms with van der Waals surface area (Å²) in [5, 5.41) is 84.3. The highest BCUT2D eigenvalue weighted by molar-refractivity contribution is 6.00. The van der Waals surface area contributed by atoms with Crippen LogP contribution >= 0.6 is 0 Å². The molecule has 1 aromatic carbocycles. The normalized spacial score (nSPS) is 23.1. The molecule has 0 bridgehead atoms. The topological polar surface area (TPSA) is 566 Å². The summed E-state index contributed by atoms with van der Waals surface area (Å²) in [7, 11) is 0. The number of aliphatic imine (C=N–C) groups is 1. The van der Waals surface area contributed by atoms with Crippen LogP contribution in [0.2, 0.25) is 0 Å². The van der Waals surface area contributed by atoms with Gasteiger partial charge in [0, 0.05) is 6.54 Å². The van der Waals surface area contributed by atoms with E-state index in [-0.39, 0.29) is 62.5 Å². The lowest BCUT2D eigenvalue weighted by atomic mass is 9.86. The number of nitrogens with zero attached hydrogens (tertiary/aromatic N) is 1. The number of alkyl halides is 6. The Morgan fingerprint density at radius 3 is 1.47 bits per heavy atom. The zero-order valence-electron chi connectivity index (χ0n) is 58.1. The fraction of sp³-hybridized carbons (Fsp3) is 0.672. The second kappa shape index (κ2) is 42.3. The Balaban J connectivity index is 0.00000641. The number of nitrogens with two attached hydrogens (primary N) is 3. The Labute approximate surface area is 578 Å². The van der Waals surface area contributed by atoms with E-state index in [1.807, 2.05) is 20.8 Å². The van der Waals surface area contributed by atoms with Crippen LogP contribution in [-0.4, -0.2) is 225 Å². The van der Waals surface area contributed by atoms with Crippen molar-refractivity contribution >= 4 is 82.9 Å². The Morgan fingerprint density at radius 2 is 1.01 bits per heavy atom. The van der Waals surface area contributed by atoms with Crippen molar-refractivity contribution in [2.24, 2.45) is 44.9 Å². The monoisotopic (exact) mass is 1460 g/mol. The average Bonchev–Trinajstić information content (AvgIpc) is 0.821. The lowest BCUT2D eigenvalue weighted by Gasteiger charge is -2.34. The van der Waals surface area contributed by atoms with Crippen LogP contribution in [-0.2, 0) is 62.3 Å². The molecule has 2 rings (SSSR count). The highest BCUT2D eigenvalue weighted by Crippen LogP contribution is 2.25. The highest BCUT2D eigenvalue weighted by Gasteiger charge is 2.43. The van der Waals surface area contributed by atoms with E-state index < -0.39 is 204 Å². The molecule has 1 aliphatic rings. The minimum atomic E-state index is -5.08. The number of guanidine groups is 1. The van der Waals surface area contributed by atoms with E-state index in [0.29, 0.717) is 0 Å². The second-order valence-corrected chi connectivity index (χ2v) is 26.5. The number of hydrogen-bond acceptors (Lipinski definition) is 19. The van der Waals surface area contributed by atoms with Crippen molar-refractivity contribution in [2.75, 3.05) is 26.3 Å². The number of carboxylic acids is 2. The molecule has 1 saturated heterocycles. The molecule has 101 heavy (non-hydrogen) atoms. The zero-order valence-corrected chi connectivity index (χ0v) is 58.1. The number of rotatable bonds is 19.